The van der Waals surface area contributed by atoms with Crippen LogP contribution in [-0.4, -0.2) is 31.8 Å². The van der Waals surface area contributed by atoms with Crippen molar-refractivity contribution in [3.63, 3.8) is 0 Å². The Bertz CT molecular complexity index is 1580. The molecule has 3 heterocycles. The molecular formula is C26H18F5N5O. The largest absolute Gasteiger partial charge is 0.497 e. The van der Waals surface area contributed by atoms with Crippen LogP contribution in [0.25, 0.3) is 34.0 Å². The quantitative estimate of drug-likeness (QED) is 0.264. The van der Waals surface area contributed by atoms with Gasteiger partial charge in [0.05, 0.1) is 31.6 Å². The van der Waals surface area contributed by atoms with Crippen LogP contribution in [-0.2, 0) is 12.7 Å². The van der Waals surface area contributed by atoms with Crippen LogP contribution in [0.4, 0.5) is 22.0 Å². The van der Waals surface area contributed by atoms with Gasteiger partial charge in [0.25, 0.3) is 0 Å². The maximum atomic E-state index is 15.0. The van der Waals surface area contributed by atoms with E-state index in [1.807, 2.05) is 0 Å². The van der Waals surface area contributed by atoms with Crippen LogP contribution in [0.3, 0.4) is 0 Å². The fourth-order valence-corrected chi connectivity index (χ4v) is 3.96. The van der Waals surface area contributed by atoms with Crippen molar-refractivity contribution in [3.8, 4) is 39.8 Å². The molecule has 3 aromatic rings. The van der Waals surface area contributed by atoms with E-state index in [0.29, 0.717) is 33.9 Å². The maximum Gasteiger partial charge on any atom is 0.417 e. The summed E-state index contributed by atoms with van der Waals surface area (Å²) in [6, 6.07) is 9.01. The van der Waals surface area contributed by atoms with Gasteiger partial charge in [-0.1, -0.05) is 12.1 Å². The first-order chi connectivity index (χ1) is 17.6. The molecule has 2 aliphatic rings. The van der Waals surface area contributed by atoms with Gasteiger partial charge in [-0.05, 0) is 48.4 Å². The number of aromatic nitrogens is 5. The van der Waals surface area contributed by atoms with E-state index in [1.165, 1.54) is 36.3 Å². The molecule has 0 unspecified atom stereocenters. The van der Waals surface area contributed by atoms with Gasteiger partial charge in [-0.15, -0.1) is 0 Å². The first kappa shape index (κ1) is 24.3. The topological polar surface area (TPSA) is 65.7 Å². The SMILES string of the molecule is COc1ccc(-c2ncc(Cn3cc4nc(-c5cccc(F)c5C)nc-4cn3)cc2F)c(C(F)(F)F)c1. The molecule has 0 fully saturated rings. The number of hydrogen-bond donors (Lipinski definition) is 0. The molecule has 37 heavy (non-hydrogen) atoms. The van der Waals surface area contributed by atoms with Gasteiger partial charge in [0.15, 0.2) is 5.82 Å². The van der Waals surface area contributed by atoms with E-state index in [9.17, 15) is 22.0 Å². The molecule has 0 spiro atoms. The summed E-state index contributed by atoms with van der Waals surface area (Å²) in [6.45, 7) is 1.72. The summed E-state index contributed by atoms with van der Waals surface area (Å²) in [5.41, 5.74) is 0.473. The smallest absolute Gasteiger partial charge is 0.417 e. The Morgan fingerprint density at radius 1 is 0.919 bits per heavy atom. The maximum absolute atomic E-state index is 15.0. The second-order valence-electron chi connectivity index (χ2n) is 8.28. The van der Waals surface area contributed by atoms with E-state index in [-0.39, 0.29) is 18.1 Å². The zero-order valence-corrected chi connectivity index (χ0v) is 19.5. The molecule has 0 saturated heterocycles. The molecule has 0 amide bonds. The third-order valence-electron chi connectivity index (χ3n) is 5.85. The molecule has 11 heteroatoms. The Morgan fingerprint density at radius 2 is 1.70 bits per heavy atom. The Labute approximate surface area is 207 Å². The molecule has 2 aromatic carbocycles. The second-order valence-corrected chi connectivity index (χ2v) is 8.28. The normalized spacial score (nSPS) is 11.8. The first-order valence-corrected chi connectivity index (χ1v) is 11.0. The summed E-state index contributed by atoms with van der Waals surface area (Å²) < 4.78 is 76.0. The minimum absolute atomic E-state index is 0.00250. The lowest BCUT2D eigenvalue weighted by Crippen LogP contribution is -2.10. The highest BCUT2D eigenvalue weighted by Gasteiger charge is 2.35. The summed E-state index contributed by atoms with van der Waals surface area (Å²) in [7, 11) is 1.25. The van der Waals surface area contributed by atoms with E-state index in [2.05, 4.69) is 20.1 Å². The van der Waals surface area contributed by atoms with Gasteiger partial charge in [-0.3, -0.25) is 9.67 Å². The molecule has 0 atom stereocenters. The monoisotopic (exact) mass is 511 g/mol. The Balaban J connectivity index is 1.44. The van der Waals surface area contributed by atoms with E-state index in [1.54, 1.807) is 25.3 Å². The number of ether oxygens (including phenoxy) is 1. The first-order valence-electron chi connectivity index (χ1n) is 11.0. The highest BCUT2D eigenvalue weighted by molar-refractivity contribution is 5.68. The van der Waals surface area contributed by atoms with E-state index in [4.69, 9.17) is 4.74 Å². The predicted octanol–water partition coefficient (Wildman–Crippen LogP) is 6.17. The molecule has 5 rings (SSSR count). The number of alkyl halides is 3. The molecule has 0 bridgehead atoms. The number of pyridine rings is 1. The summed E-state index contributed by atoms with van der Waals surface area (Å²) in [5, 5.41) is 4.25. The fourth-order valence-electron chi connectivity index (χ4n) is 3.96. The van der Waals surface area contributed by atoms with Crippen LogP contribution in [0.15, 0.2) is 61.1 Å². The molecule has 188 valence electrons. The molecule has 0 aliphatic carbocycles. The number of nitrogens with zero attached hydrogens (tertiary/aromatic N) is 5. The van der Waals surface area contributed by atoms with Crippen molar-refractivity contribution in [1.29, 1.82) is 0 Å². The summed E-state index contributed by atoms with van der Waals surface area (Å²) in [4.78, 5) is 12.8. The number of fused-ring (bicyclic) bond motifs is 1. The Kier molecular flexibility index (Phi) is 6.06. The number of rotatable bonds is 5. The van der Waals surface area contributed by atoms with Crippen LogP contribution in [0.1, 0.15) is 16.7 Å². The van der Waals surface area contributed by atoms with Crippen molar-refractivity contribution in [2.45, 2.75) is 19.6 Å². The summed E-state index contributed by atoms with van der Waals surface area (Å²) >= 11 is 0. The highest BCUT2D eigenvalue weighted by Crippen LogP contribution is 2.39. The third kappa shape index (κ3) is 4.72. The molecule has 6 nitrogen and oxygen atoms in total. The lowest BCUT2D eigenvalue weighted by Gasteiger charge is -2.15. The average molecular weight is 511 g/mol. The molecule has 0 N–H and O–H groups in total. The van der Waals surface area contributed by atoms with Crippen LogP contribution in [0.5, 0.6) is 5.75 Å². The van der Waals surface area contributed by atoms with Gasteiger partial charge >= 0.3 is 6.18 Å². The van der Waals surface area contributed by atoms with Gasteiger partial charge in [-0.2, -0.15) is 18.3 Å². The van der Waals surface area contributed by atoms with Crippen LogP contribution >= 0.6 is 0 Å². The summed E-state index contributed by atoms with van der Waals surface area (Å²) in [6.07, 6.45) is -0.363. The van der Waals surface area contributed by atoms with E-state index in [0.717, 1.165) is 18.2 Å². The number of imidazole rings is 1. The van der Waals surface area contributed by atoms with Crippen molar-refractivity contribution in [2.75, 3.05) is 7.11 Å². The van der Waals surface area contributed by atoms with Crippen LogP contribution < -0.4 is 4.74 Å². The number of methoxy groups -OCH3 is 1. The zero-order chi connectivity index (χ0) is 26.3. The number of hydrogen-bond acceptors (Lipinski definition) is 5. The summed E-state index contributed by atoms with van der Waals surface area (Å²) in [5.74, 6) is -0.929. The second kappa shape index (κ2) is 9.23. The minimum Gasteiger partial charge on any atom is -0.497 e. The van der Waals surface area contributed by atoms with Gasteiger partial charge < -0.3 is 4.74 Å². The van der Waals surface area contributed by atoms with Crippen LogP contribution in [0, 0.1) is 18.6 Å². The van der Waals surface area contributed by atoms with Crippen LogP contribution in [0.2, 0.25) is 0 Å². The average Bonchev–Trinajstić information content (AvgIpc) is 3.28. The van der Waals surface area contributed by atoms with Gasteiger partial charge in [0.2, 0.25) is 0 Å². The van der Waals surface area contributed by atoms with Crippen molar-refractivity contribution in [1.82, 2.24) is 24.7 Å². The van der Waals surface area contributed by atoms with Crippen molar-refractivity contribution in [3.05, 3.63) is 89.4 Å². The van der Waals surface area contributed by atoms with Crippen molar-refractivity contribution >= 4 is 0 Å². The Morgan fingerprint density at radius 3 is 2.43 bits per heavy atom. The fraction of sp³-hybridized carbons (Fsp3) is 0.154. The zero-order valence-electron chi connectivity index (χ0n) is 19.5. The molecular weight excluding hydrogens is 493 g/mol. The van der Waals surface area contributed by atoms with Crippen molar-refractivity contribution < 1.29 is 26.7 Å². The van der Waals surface area contributed by atoms with E-state index < -0.39 is 28.8 Å². The predicted molar refractivity (Wildman–Crippen MR) is 125 cm³/mol. The number of benzene rings is 2. The molecule has 0 saturated carbocycles. The highest BCUT2D eigenvalue weighted by atomic mass is 19.4. The van der Waals surface area contributed by atoms with Gasteiger partial charge in [-0.25, -0.2) is 18.7 Å². The lowest BCUT2D eigenvalue weighted by atomic mass is 10.0. The van der Waals surface area contributed by atoms with Gasteiger partial charge in [0, 0.05) is 17.3 Å². The third-order valence-corrected chi connectivity index (χ3v) is 5.85. The molecule has 2 aliphatic heterocycles. The Hall–Kier alpha value is -4.41. The minimum atomic E-state index is -4.73. The molecule has 0 radical (unpaired) electrons. The van der Waals surface area contributed by atoms with E-state index >= 15 is 0 Å². The van der Waals surface area contributed by atoms with Crippen molar-refractivity contribution in [2.24, 2.45) is 0 Å². The standard InChI is InChI=1S/C26H18F5N5O/c1-14-17(4-3-5-20(14)27)25-34-22-11-33-36(13-23(22)35-25)12-15-8-21(28)24(32-10-15)18-7-6-16(37-2)9-19(18)26(29,30)31/h3-11,13H,12H2,1-2H3. The molecule has 1 aromatic heterocycles. The van der Waals surface area contributed by atoms with Gasteiger partial charge in [0.1, 0.15) is 34.5 Å². The number of halogens is 5. The lowest BCUT2D eigenvalue weighted by molar-refractivity contribution is -0.137.